The Labute approximate surface area is 185 Å². The maximum atomic E-state index is 4.89. The molecule has 0 amide bonds. The van der Waals surface area contributed by atoms with Crippen molar-refractivity contribution in [1.82, 2.24) is 29.4 Å². The van der Waals surface area contributed by atoms with Crippen LogP contribution >= 0.6 is 11.8 Å². The van der Waals surface area contributed by atoms with Crippen LogP contribution in [0.3, 0.4) is 0 Å². The largest absolute Gasteiger partial charge is 0.269 e. The third-order valence-corrected chi connectivity index (χ3v) is 6.33. The number of aromatic nitrogens is 6. The van der Waals surface area contributed by atoms with Crippen molar-refractivity contribution in [3.63, 3.8) is 0 Å². The average Bonchev–Trinajstić information content (AvgIpc) is 3.34. The van der Waals surface area contributed by atoms with Crippen molar-refractivity contribution in [2.45, 2.75) is 44.6 Å². The van der Waals surface area contributed by atoms with E-state index in [0.717, 1.165) is 57.6 Å². The maximum absolute atomic E-state index is 4.89. The van der Waals surface area contributed by atoms with Crippen molar-refractivity contribution in [2.24, 2.45) is 0 Å². The number of fused-ring (bicyclic) bond motifs is 3. The number of benzene rings is 2. The smallest absolute Gasteiger partial charge is 0.191 e. The Balaban J connectivity index is 1.48. The molecule has 0 N–H and O–H groups in total. The summed E-state index contributed by atoms with van der Waals surface area (Å²) in [7, 11) is 0. The molecule has 3 heterocycles. The highest BCUT2D eigenvalue weighted by Gasteiger charge is 2.14. The zero-order valence-corrected chi connectivity index (χ0v) is 18.7. The van der Waals surface area contributed by atoms with Crippen LogP contribution in [-0.4, -0.2) is 29.4 Å². The van der Waals surface area contributed by atoms with Gasteiger partial charge in [-0.25, -0.2) is 9.97 Å². The van der Waals surface area contributed by atoms with Gasteiger partial charge in [0.05, 0.1) is 11.2 Å². The summed E-state index contributed by atoms with van der Waals surface area (Å²) in [6, 6.07) is 18.9. The highest BCUT2D eigenvalue weighted by molar-refractivity contribution is 7.98. The predicted molar refractivity (Wildman–Crippen MR) is 124 cm³/mol. The standard InChI is InChI=1S/C24H24N6S/c1-16-8-10-19(11-9-16)15-31-24-25-21-7-5-4-6-20(21)23-26-22(28-30(23)24)12-13-29-18(3)14-17(2)27-29/h4-11,14H,12-13,15H2,1-3H3. The van der Waals surface area contributed by atoms with Gasteiger partial charge in [-0.2, -0.15) is 9.61 Å². The monoisotopic (exact) mass is 428 g/mol. The van der Waals surface area contributed by atoms with Crippen LogP contribution in [0.15, 0.2) is 59.8 Å². The van der Waals surface area contributed by atoms with Crippen LogP contribution < -0.4 is 0 Å². The fourth-order valence-corrected chi connectivity index (χ4v) is 4.61. The minimum absolute atomic E-state index is 0.722. The molecule has 0 aliphatic heterocycles. The minimum Gasteiger partial charge on any atom is -0.269 e. The van der Waals surface area contributed by atoms with E-state index in [1.54, 1.807) is 11.8 Å². The Bertz CT molecular complexity index is 1370. The molecule has 0 aliphatic rings. The first-order valence-corrected chi connectivity index (χ1v) is 11.4. The summed E-state index contributed by atoms with van der Waals surface area (Å²) in [4.78, 5) is 9.77. The molecular weight excluding hydrogens is 404 g/mol. The molecule has 5 rings (SSSR count). The van der Waals surface area contributed by atoms with Gasteiger partial charge in [-0.3, -0.25) is 4.68 Å². The van der Waals surface area contributed by atoms with E-state index in [0.29, 0.717) is 0 Å². The van der Waals surface area contributed by atoms with Crippen molar-refractivity contribution in [3.8, 4) is 0 Å². The number of hydrogen-bond donors (Lipinski definition) is 0. The second-order valence-corrected chi connectivity index (χ2v) is 8.79. The Morgan fingerprint density at radius 3 is 2.48 bits per heavy atom. The number of aryl methyl sites for hydroxylation is 5. The lowest BCUT2D eigenvalue weighted by molar-refractivity contribution is 0.580. The molecule has 2 aromatic carbocycles. The van der Waals surface area contributed by atoms with Crippen LogP contribution in [0.5, 0.6) is 0 Å². The molecule has 156 valence electrons. The first-order chi connectivity index (χ1) is 15.1. The normalized spacial score (nSPS) is 11.6. The van der Waals surface area contributed by atoms with Gasteiger partial charge in [-0.05, 0) is 44.5 Å². The first-order valence-electron chi connectivity index (χ1n) is 10.4. The predicted octanol–water partition coefficient (Wildman–Crippen LogP) is 4.93. The summed E-state index contributed by atoms with van der Waals surface area (Å²) in [5, 5.41) is 11.3. The van der Waals surface area contributed by atoms with E-state index in [4.69, 9.17) is 15.1 Å². The van der Waals surface area contributed by atoms with E-state index in [9.17, 15) is 0 Å². The van der Waals surface area contributed by atoms with Crippen LogP contribution in [-0.2, 0) is 18.7 Å². The maximum Gasteiger partial charge on any atom is 0.191 e. The highest BCUT2D eigenvalue weighted by Crippen LogP contribution is 2.26. The second-order valence-electron chi connectivity index (χ2n) is 7.85. The Morgan fingerprint density at radius 1 is 0.903 bits per heavy atom. The van der Waals surface area contributed by atoms with E-state index < -0.39 is 0 Å². The first kappa shape index (κ1) is 19.8. The van der Waals surface area contributed by atoms with E-state index in [1.807, 2.05) is 34.3 Å². The van der Waals surface area contributed by atoms with Gasteiger partial charge >= 0.3 is 0 Å². The van der Waals surface area contributed by atoms with Gasteiger partial charge in [0, 0.05) is 29.8 Å². The number of para-hydroxylation sites is 1. The van der Waals surface area contributed by atoms with Gasteiger partial charge in [-0.15, -0.1) is 5.10 Å². The van der Waals surface area contributed by atoms with E-state index in [1.165, 1.54) is 11.1 Å². The van der Waals surface area contributed by atoms with Gasteiger partial charge in [0.2, 0.25) is 0 Å². The molecule has 0 spiro atoms. The lowest BCUT2D eigenvalue weighted by Gasteiger charge is -2.06. The molecule has 0 bridgehead atoms. The molecule has 7 heteroatoms. The molecule has 0 fully saturated rings. The second kappa shape index (κ2) is 8.15. The van der Waals surface area contributed by atoms with Crippen LogP contribution in [0.25, 0.3) is 16.6 Å². The summed E-state index contributed by atoms with van der Waals surface area (Å²) in [6.45, 7) is 6.96. The molecule has 6 nitrogen and oxygen atoms in total. The van der Waals surface area contributed by atoms with Gasteiger partial charge in [0.25, 0.3) is 0 Å². The van der Waals surface area contributed by atoms with Gasteiger partial charge in [0.15, 0.2) is 16.6 Å². The summed E-state index contributed by atoms with van der Waals surface area (Å²) >= 11 is 1.69. The van der Waals surface area contributed by atoms with Crippen molar-refractivity contribution in [1.29, 1.82) is 0 Å². The topological polar surface area (TPSA) is 60.9 Å². The molecule has 5 aromatic rings. The number of hydrogen-bond acceptors (Lipinski definition) is 5. The van der Waals surface area contributed by atoms with Gasteiger partial charge in [-0.1, -0.05) is 53.7 Å². The summed E-state index contributed by atoms with van der Waals surface area (Å²) in [5.74, 6) is 1.64. The Kier molecular flexibility index (Phi) is 5.19. The SMILES string of the molecule is Cc1ccc(CSc2nc3ccccc3c3nc(CCn4nc(C)cc4C)nn23)cc1. The zero-order valence-electron chi connectivity index (χ0n) is 17.9. The third kappa shape index (κ3) is 4.05. The molecule has 0 aliphatic carbocycles. The summed E-state index contributed by atoms with van der Waals surface area (Å²) in [6.07, 6.45) is 0.722. The fourth-order valence-electron chi connectivity index (χ4n) is 3.71. The molecular formula is C24H24N6S. The van der Waals surface area contributed by atoms with E-state index in [-0.39, 0.29) is 0 Å². The van der Waals surface area contributed by atoms with Gasteiger partial charge < -0.3 is 0 Å². The number of thioether (sulfide) groups is 1. The van der Waals surface area contributed by atoms with Gasteiger partial charge in [0.1, 0.15) is 0 Å². The Morgan fingerprint density at radius 2 is 1.71 bits per heavy atom. The highest BCUT2D eigenvalue weighted by atomic mass is 32.2. The average molecular weight is 429 g/mol. The van der Waals surface area contributed by atoms with Crippen LogP contribution in [0.2, 0.25) is 0 Å². The minimum atomic E-state index is 0.722. The molecule has 0 unspecified atom stereocenters. The number of nitrogens with zero attached hydrogens (tertiary/aromatic N) is 6. The molecule has 3 aromatic heterocycles. The van der Waals surface area contributed by atoms with E-state index in [2.05, 4.69) is 55.3 Å². The van der Waals surface area contributed by atoms with Crippen LogP contribution in [0.4, 0.5) is 0 Å². The third-order valence-electron chi connectivity index (χ3n) is 5.33. The van der Waals surface area contributed by atoms with Crippen molar-refractivity contribution in [2.75, 3.05) is 0 Å². The summed E-state index contributed by atoms with van der Waals surface area (Å²) in [5.41, 5.74) is 6.53. The molecule has 0 saturated carbocycles. The molecule has 31 heavy (non-hydrogen) atoms. The van der Waals surface area contributed by atoms with Crippen LogP contribution in [0.1, 0.15) is 28.3 Å². The molecule has 0 saturated heterocycles. The molecule has 0 radical (unpaired) electrons. The zero-order chi connectivity index (χ0) is 21.4. The van der Waals surface area contributed by atoms with Crippen LogP contribution in [0, 0.1) is 20.8 Å². The lowest BCUT2D eigenvalue weighted by atomic mass is 10.2. The summed E-state index contributed by atoms with van der Waals surface area (Å²) < 4.78 is 3.92. The Hall–Kier alpha value is -3.19. The van der Waals surface area contributed by atoms with Crippen molar-refractivity contribution < 1.29 is 0 Å². The van der Waals surface area contributed by atoms with Crippen molar-refractivity contribution in [3.05, 3.63) is 82.9 Å². The van der Waals surface area contributed by atoms with E-state index >= 15 is 0 Å². The fraction of sp³-hybridized carbons (Fsp3) is 0.250. The number of rotatable bonds is 6. The molecule has 0 atom stereocenters. The quantitative estimate of drug-likeness (QED) is 0.283. The lowest BCUT2D eigenvalue weighted by Crippen LogP contribution is -2.06. The van der Waals surface area contributed by atoms with Crippen molar-refractivity contribution >= 4 is 28.3 Å².